The van der Waals surface area contributed by atoms with Crippen LogP contribution in [0.15, 0.2) is 30.3 Å². The van der Waals surface area contributed by atoms with Gasteiger partial charge in [-0.2, -0.15) is 0 Å². The van der Waals surface area contributed by atoms with Crippen LogP contribution in [0.2, 0.25) is 0 Å². The largest absolute Gasteiger partial charge is 0.478 e. The molecule has 0 bridgehead atoms. The maximum absolute atomic E-state index is 10.2. The monoisotopic (exact) mass is 207 g/mol. The van der Waals surface area contributed by atoms with Gasteiger partial charge in [-0.15, -0.1) is 0 Å². The maximum atomic E-state index is 10.2. The van der Waals surface area contributed by atoms with E-state index in [2.05, 4.69) is 0 Å². The fourth-order valence-electron chi connectivity index (χ4n) is 1.05. The van der Waals surface area contributed by atoms with E-state index in [-0.39, 0.29) is 6.54 Å². The van der Waals surface area contributed by atoms with Crippen LogP contribution in [0.4, 0.5) is 0 Å². The Bertz CT molecular complexity index is 394. The van der Waals surface area contributed by atoms with E-state index in [9.17, 15) is 14.9 Å². The molecular formula is C10H9NO4. The molecule has 1 aromatic carbocycles. The summed E-state index contributed by atoms with van der Waals surface area (Å²) in [6, 6.07) is 6.48. The SMILES string of the molecule is O=C(O)C=Cc1ccc(C[N+](=O)[O-])cc1. The number of benzene rings is 1. The molecule has 1 rings (SSSR count). The van der Waals surface area contributed by atoms with E-state index in [1.54, 1.807) is 24.3 Å². The lowest BCUT2D eigenvalue weighted by Gasteiger charge is -1.96. The highest BCUT2D eigenvalue weighted by Gasteiger charge is 1.99. The van der Waals surface area contributed by atoms with Gasteiger partial charge in [-0.05, 0) is 11.6 Å². The second-order valence-corrected chi connectivity index (χ2v) is 2.90. The van der Waals surface area contributed by atoms with Crippen molar-refractivity contribution < 1.29 is 14.8 Å². The summed E-state index contributed by atoms with van der Waals surface area (Å²) in [6.45, 7) is -0.219. The average molecular weight is 207 g/mol. The van der Waals surface area contributed by atoms with E-state index in [4.69, 9.17) is 5.11 Å². The Morgan fingerprint density at radius 1 is 1.40 bits per heavy atom. The summed E-state index contributed by atoms with van der Waals surface area (Å²) in [7, 11) is 0. The number of hydrogen-bond acceptors (Lipinski definition) is 3. The van der Waals surface area contributed by atoms with Gasteiger partial charge < -0.3 is 5.11 Å². The highest BCUT2D eigenvalue weighted by molar-refractivity contribution is 5.85. The third-order valence-corrected chi connectivity index (χ3v) is 1.71. The lowest BCUT2D eigenvalue weighted by molar-refractivity contribution is -0.496. The van der Waals surface area contributed by atoms with Crippen molar-refractivity contribution in [2.45, 2.75) is 6.54 Å². The fourth-order valence-corrected chi connectivity index (χ4v) is 1.05. The Kier molecular flexibility index (Phi) is 3.56. The van der Waals surface area contributed by atoms with Gasteiger partial charge in [0.05, 0.1) is 0 Å². The molecule has 0 amide bonds. The van der Waals surface area contributed by atoms with Crippen LogP contribution in [0, 0.1) is 10.1 Å². The molecule has 0 aliphatic heterocycles. The minimum Gasteiger partial charge on any atom is -0.478 e. The first kappa shape index (κ1) is 10.9. The molecule has 0 spiro atoms. The van der Waals surface area contributed by atoms with Gasteiger partial charge >= 0.3 is 5.97 Å². The first-order chi connectivity index (χ1) is 7.08. The predicted molar refractivity (Wildman–Crippen MR) is 53.8 cm³/mol. The molecule has 1 aromatic rings. The lowest BCUT2D eigenvalue weighted by atomic mass is 10.1. The molecule has 78 valence electrons. The number of carboxylic acids is 1. The summed E-state index contributed by atoms with van der Waals surface area (Å²) >= 11 is 0. The molecule has 0 aliphatic rings. The number of rotatable bonds is 4. The highest BCUT2D eigenvalue weighted by atomic mass is 16.6. The van der Waals surface area contributed by atoms with Crippen molar-refractivity contribution in [1.82, 2.24) is 0 Å². The molecule has 15 heavy (non-hydrogen) atoms. The van der Waals surface area contributed by atoms with E-state index in [1.165, 1.54) is 6.08 Å². The van der Waals surface area contributed by atoms with Gasteiger partial charge in [0.25, 0.3) is 0 Å². The normalized spacial score (nSPS) is 10.4. The van der Waals surface area contributed by atoms with Crippen molar-refractivity contribution in [2.24, 2.45) is 0 Å². The first-order valence-electron chi connectivity index (χ1n) is 4.19. The van der Waals surface area contributed by atoms with Crippen molar-refractivity contribution in [3.05, 3.63) is 51.6 Å². The van der Waals surface area contributed by atoms with Crippen LogP contribution in [0.1, 0.15) is 11.1 Å². The van der Waals surface area contributed by atoms with Crippen molar-refractivity contribution in [2.75, 3.05) is 0 Å². The minimum atomic E-state index is -1.02. The molecular weight excluding hydrogens is 198 g/mol. The van der Waals surface area contributed by atoms with Crippen LogP contribution in [-0.2, 0) is 11.3 Å². The number of aliphatic carboxylic acids is 1. The molecule has 0 unspecified atom stereocenters. The van der Waals surface area contributed by atoms with Crippen molar-refractivity contribution >= 4 is 12.0 Å². The molecule has 0 fully saturated rings. The molecule has 0 aliphatic carbocycles. The van der Waals surface area contributed by atoms with E-state index >= 15 is 0 Å². The number of carbonyl (C=O) groups is 1. The number of nitrogens with zero attached hydrogens (tertiary/aromatic N) is 1. The molecule has 5 nitrogen and oxygen atoms in total. The quantitative estimate of drug-likeness (QED) is 0.461. The number of nitro groups is 1. The second kappa shape index (κ2) is 4.90. The van der Waals surface area contributed by atoms with Gasteiger partial charge in [0.2, 0.25) is 6.54 Å². The Labute approximate surface area is 85.8 Å². The van der Waals surface area contributed by atoms with E-state index in [0.717, 1.165) is 6.08 Å². The van der Waals surface area contributed by atoms with Crippen molar-refractivity contribution in [1.29, 1.82) is 0 Å². The summed E-state index contributed by atoms with van der Waals surface area (Å²) in [5, 5.41) is 18.6. The molecule has 0 saturated carbocycles. The van der Waals surface area contributed by atoms with Crippen molar-refractivity contribution in [3.63, 3.8) is 0 Å². The number of hydrogen-bond donors (Lipinski definition) is 1. The summed E-state index contributed by atoms with van der Waals surface area (Å²) < 4.78 is 0. The number of carboxylic acid groups (broad SMARTS) is 1. The van der Waals surface area contributed by atoms with Gasteiger partial charge in [0, 0.05) is 16.6 Å². The van der Waals surface area contributed by atoms with Crippen molar-refractivity contribution in [3.8, 4) is 0 Å². The Morgan fingerprint density at radius 2 is 2.00 bits per heavy atom. The van der Waals surface area contributed by atoms with E-state index in [1.807, 2.05) is 0 Å². The van der Waals surface area contributed by atoms with Gasteiger partial charge in [-0.25, -0.2) is 4.79 Å². The third kappa shape index (κ3) is 4.04. The Hall–Kier alpha value is -2.17. The van der Waals surface area contributed by atoms with Gasteiger partial charge in [-0.3, -0.25) is 10.1 Å². The van der Waals surface area contributed by atoms with Gasteiger partial charge in [0.1, 0.15) is 0 Å². The van der Waals surface area contributed by atoms with Crippen LogP contribution in [0.25, 0.3) is 6.08 Å². The van der Waals surface area contributed by atoms with Gasteiger partial charge in [-0.1, -0.05) is 24.3 Å². The molecule has 0 aromatic heterocycles. The van der Waals surface area contributed by atoms with Crippen LogP contribution in [0.3, 0.4) is 0 Å². The topological polar surface area (TPSA) is 80.4 Å². The fraction of sp³-hybridized carbons (Fsp3) is 0.100. The zero-order valence-corrected chi connectivity index (χ0v) is 7.79. The third-order valence-electron chi connectivity index (χ3n) is 1.71. The molecule has 0 saturated heterocycles. The summed E-state index contributed by atoms with van der Waals surface area (Å²) in [4.78, 5) is 20.0. The highest BCUT2D eigenvalue weighted by Crippen LogP contribution is 2.06. The molecule has 0 radical (unpaired) electrons. The average Bonchev–Trinajstić information content (AvgIpc) is 2.16. The van der Waals surface area contributed by atoms with E-state index in [0.29, 0.717) is 11.1 Å². The van der Waals surface area contributed by atoms with E-state index < -0.39 is 10.9 Å². The van der Waals surface area contributed by atoms with Crippen LogP contribution in [0.5, 0.6) is 0 Å². The smallest absolute Gasteiger partial charge is 0.328 e. The Balaban J connectivity index is 2.72. The lowest BCUT2D eigenvalue weighted by Crippen LogP contribution is -1.97. The molecule has 1 N–H and O–H groups in total. The summed E-state index contributed by atoms with van der Waals surface area (Å²) in [6.07, 6.45) is 2.45. The molecule has 5 heteroatoms. The zero-order valence-electron chi connectivity index (χ0n) is 7.79. The van der Waals surface area contributed by atoms with Gasteiger partial charge in [0.15, 0.2) is 0 Å². The minimum absolute atomic E-state index is 0.219. The van der Waals surface area contributed by atoms with Crippen LogP contribution >= 0.6 is 0 Å². The Morgan fingerprint density at radius 3 is 2.47 bits per heavy atom. The summed E-state index contributed by atoms with van der Waals surface area (Å²) in [5.41, 5.74) is 1.29. The standard InChI is InChI=1S/C10H9NO4/c12-10(13)6-5-8-1-3-9(4-2-8)7-11(14)15/h1-6H,7H2,(H,12,13). The summed E-state index contributed by atoms with van der Waals surface area (Å²) in [5.74, 6) is -1.02. The second-order valence-electron chi connectivity index (χ2n) is 2.90. The molecule has 0 atom stereocenters. The van der Waals surface area contributed by atoms with Crippen LogP contribution < -0.4 is 0 Å². The molecule has 0 heterocycles. The maximum Gasteiger partial charge on any atom is 0.328 e. The first-order valence-corrected chi connectivity index (χ1v) is 4.19. The van der Waals surface area contributed by atoms with Crippen LogP contribution in [-0.4, -0.2) is 16.0 Å². The predicted octanol–water partition coefficient (Wildman–Crippen LogP) is 1.56. The zero-order chi connectivity index (χ0) is 11.3.